The molecule has 0 aliphatic rings. The highest BCUT2D eigenvalue weighted by Crippen LogP contribution is 2.13. The maximum absolute atomic E-state index is 12.8. The summed E-state index contributed by atoms with van der Waals surface area (Å²) in [6, 6.07) is 10.1. The van der Waals surface area contributed by atoms with Gasteiger partial charge in [0.05, 0.1) is 6.20 Å². The molecular weight excluding hydrogens is 288 g/mol. The molecule has 23 heavy (non-hydrogen) atoms. The lowest BCUT2D eigenvalue weighted by Crippen LogP contribution is -2.31. The average Bonchev–Trinajstić information content (AvgIpc) is 3.15. The van der Waals surface area contributed by atoms with E-state index in [-0.39, 0.29) is 5.91 Å². The zero-order valence-corrected chi connectivity index (χ0v) is 13.4. The summed E-state index contributed by atoms with van der Waals surface area (Å²) >= 11 is 0. The molecule has 0 aliphatic carbocycles. The summed E-state index contributed by atoms with van der Waals surface area (Å²) < 4.78 is 3.63. The molecule has 0 aliphatic heterocycles. The number of nitrogens with zero attached hydrogens (tertiary/aromatic N) is 4. The number of likely N-dealkylation sites (N-methyl/N-ethyl adjacent to an activating group) is 1. The number of hydrogen-bond donors (Lipinski definition) is 0. The van der Waals surface area contributed by atoms with Crippen molar-refractivity contribution >= 4 is 17.6 Å². The number of hydrogen-bond acceptors (Lipinski definition) is 2. The van der Waals surface area contributed by atoms with E-state index in [0.29, 0.717) is 18.7 Å². The number of fused-ring (bicyclic) bond motifs is 1. The van der Waals surface area contributed by atoms with Gasteiger partial charge in [-0.1, -0.05) is 42.5 Å². The van der Waals surface area contributed by atoms with Gasteiger partial charge in [-0.15, -0.1) is 0 Å². The number of benzene rings is 1. The Morgan fingerprint density at radius 2 is 2.04 bits per heavy atom. The second kappa shape index (κ2) is 6.52. The number of carbonyl (C=O) groups is 1. The van der Waals surface area contributed by atoms with E-state index in [0.717, 1.165) is 11.2 Å². The van der Waals surface area contributed by atoms with Gasteiger partial charge in [0.1, 0.15) is 11.2 Å². The summed E-state index contributed by atoms with van der Waals surface area (Å²) in [6.45, 7) is 3.21. The van der Waals surface area contributed by atoms with Crippen LogP contribution >= 0.6 is 0 Å². The Morgan fingerprint density at radius 1 is 1.26 bits per heavy atom. The normalized spacial score (nSPS) is 11.4. The van der Waals surface area contributed by atoms with Crippen molar-refractivity contribution in [3.8, 4) is 0 Å². The minimum Gasteiger partial charge on any atom is -0.335 e. The van der Waals surface area contributed by atoms with E-state index in [2.05, 4.69) is 5.10 Å². The molecule has 0 radical (unpaired) electrons. The van der Waals surface area contributed by atoms with Crippen molar-refractivity contribution in [2.75, 3.05) is 13.1 Å². The molecule has 3 aromatic rings. The van der Waals surface area contributed by atoms with Crippen molar-refractivity contribution in [3.05, 3.63) is 66.1 Å². The number of carbonyl (C=O) groups excluding carboxylic acids is 1. The Kier molecular flexibility index (Phi) is 4.28. The van der Waals surface area contributed by atoms with Gasteiger partial charge >= 0.3 is 0 Å². The van der Waals surface area contributed by atoms with Crippen LogP contribution in [0.4, 0.5) is 0 Å². The number of amides is 1. The first-order chi connectivity index (χ1) is 11.2. The summed E-state index contributed by atoms with van der Waals surface area (Å²) in [5.41, 5.74) is 2.58. The number of rotatable bonds is 5. The third-order valence-corrected chi connectivity index (χ3v) is 3.87. The van der Waals surface area contributed by atoms with Gasteiger partial charge < -0.3 is 9.47 Å². The van der Waals surface area contributed by atoms with Gasteiger partial charge in [0, 0.05) is 32.5 Å². The second-order valence-corrected chi connectivity index (χ2v) is 5.39. The topological polar surface area (TPSA) is 42.5 Å². The smallest absolute Gasteiger partial charge is 0.259 e. The van der Waals surface area contributed by atoms with Crippen molar-refractivity contribution in [1.82, 2.24) is 19.1 Å². The highest BCUT2D eigenvalue weighted by atomic mass is 16.2. The molecular formula is C18H20N4O. The third-order valence-electron chi connectivity index (χ3n) is 3.87. The molecule has 118 valence electrons. The van der Waals surface area contributed by atoms with Crippen LogP contribution in [0.25, 0.3) is 11.7 Å². The highest BCUT2D eigenvalue weighted by molar-refractivity contribution is 5.99. The Balaban J connectivity index is 1.76. The molecule has 0 unspecified atom stereocenters. The standard InChI is InChI=1S/C18H20N4O/c1-3-21(11-7-10-15-8-5-4-6-9-15)18(23)16-14-19-22-13-12-20(2)17(16)22/h4-10,12-14H,3,11H2,1-2H3/b10-7+. The number of aromatic nitrogens is 3. The molecule has 0 fully saturated rings. The van der Waals surface area contributed by atoms with Crippen LogP contribution in [0.1, 0.15) is 22.8 Å². The van der Waals surface area contributed by atoms with Crippen LogP contribution in [-0.2, 0) is 7.05 Å². The first-order valence-corrected chi connectivity index (χ1v) is 7.70. The predicted molar refractivity (Wildman–Crippen MR) is 91.2 cm³/mol. The van der Waals surface area contributed by atoms with Gasteiger partial charge in [-0.2, -0.15) is 5.10 Å². The second-order valence-electron chi connectivity index (χ2n) is 5.39. The van der Waals surface area contributed by atoms with Crippen LogP contribution in [0, 0.1) is 0 Å². The van der Waals surface area contributed by atoms with Gasteiger partial charge in [0.15, 0.2) is 0 Å². The van der Waals surface area contributed by atoms with Crippen LogP contribution in [0.15, 0.2) is 55.0 Å². The highest BCUT2D eigenvalue weighted by Gasteiger charge is 2.19. The molecule has 1 aromatic carbocycles. The van der Waals surface area contributed by atoms with Crippen molar-refractivity contribution in [3.63, 3.8) is 0 Å². The maximum atomic E-state index is 12.8. The van der Waals surface area contributed by atoms with Crippen LogP contribution in [-0.4, -0.2) is 38.1 Å². The zero-order valence-electron chi connectivity index (χ0n) is 13.4. The first kappa shape index (κ1) is 15.1. The van der Waals surface area contributed by atoms with Gasteiger partial charge in [-0.25, -0.2) is 4.52 Å². The fourth-order valence-electron chi connectivity index (χ4n) is 2.61. The van der Waals surface area contributed by atoms with Crippen LogP contribution in [0.3, 0.4) is 0 Å². The molecule has 3 rings (SSSR count). The minimum absolute atomic E-state index is 0.00186. The van der Waals surface area contributed by atoms with Gasteiger partial charge in [-0.05, 0) is 12.5 Å². The van der Waals surface area contributed by atoms with Gasteiger partial charge in [0.25, 0.3) is 5.91 Å². The average molecular weight is 308 g/mol. The molecule has 0 atom stereocenters. The zero-order chi connectivity index (χ0) is 16.2. The lowest BCUT2D eigenvalue weighted by atomic mass is 10.2. The van der Waals surface area contributed by atoms with E-state index in [9.17, 15) is 4.79 Å². The first-order valence-electron chi connectivity index (χ1n) is 7.70. The molecule has 0 bridgehead atoms. The van der Waals surface area contributed by atoms with Crippen LogP contribution in [0.5, 0.6) is 0 Å². The fourth-order valence-corrected chi connectivity index (χ4v) is 2.61. The van der Waals surface area contributed by atoms with E-state index in [1.165, 1.54) is 0 Å². The Hall–Kier alpha value is -2.82. The van der Waals surface area contributed by atoms with E-state index < -0.39 is 0 Å². The van der Waals surface area contributed by atoms with Gasteiger partial charge in [-0.3, -0.25) is 4.79 Å². The van der Waals surface area contributed by atoms with Crippen LogP contribution < -0.4 is 0 Å². The molecule has 5 heteroatoms. The summed E-state index contributed by atoms with van der Waals surface area (Å²) in [6.07, 6.45) is 9.43. The Morgan fingerprint density at radius 3 is 2.78 bits per heavy atom. The SMILES string of the molecule is CCN(C/C=C/c1ccccc1)C(=O)c1cnn2ccn(C)c12. The van der Waals surface area contributed by atoms with E-state index in [1.807, 2.05) is 78.3 Å². The number of aryl methyl sites for hydroxylation is 1. The lowest BCUT2D eigenvalue weighted by Gasteiger charge is -2.18. The molecule has 1 amide bonds. The van der Waals surface area contributed by atoms with Crippen molar-refractivity contribution in [2.24, 2.45) is 7.05 Å². The quantitative estimate of drug-likeness (QED) is 0.727. The molecule has 0 N–H and O–H groups in total. The summed E-state index contributed by atoms with van der Waals surface area (Å²) in [4.78, 5) is 14.6. The predicted octanol–water partition coefficient (Wildman–Crippen LogP) is 2.85. The summed E-state index contributed by atoms with van der Waals surface area (Å²) in [7, 11) is 1.92. The lowest BCUT2D eigenvalue weighted by molar-refractivity contribution is 0.0784. The largest absolute Gasteiger partial charge is 0.335 e. The maximum Gasteiger partial charge on any atom is 0.259 e. The monoisotopic (exact) mass is 308 g/mol. The number of imidazole rings is 1. The van der Waals surface area contributed by atoms with Crippen molar-refractivity contribution < 1.29 is 4.79 Å². The van der Waals surface area contributed by atoms with Crippen molar-refractivity contribution in [1.29, 1.82) is 0 Å². The van der Waals surface area contributed by atoms with Crippen molar-refractivity contribution in [2.45, 2.75) is 6.92 Å². The summed E-state index contributed by atoms with van der Waals surface area (Å²) in [5, 5.41) is 4.24. The molecule has 5 nitrogen and oxygen atoms in total. The van der Waals surface area contributed by atoms with Crippen LogP contribution in [0.2, 0.25) is 0 Å². The van der Waals surface area contributed by atoms with E-state index in [4.69, 9.17) is 0 Å². The van der Waals surface area contributed by atoms with E-state index in [1.54, 1.807) is 10.7 Å². The molecule has 0 spiro atoms. The summed E-state index contributed by atoms with van der Waals surface area (Å²) in [5.74, 6) is 0.00186. The Bertz CT molecular complexity index is 829. The third kappa shape index (κ3) is 3.04. The minimum atomic E-state index is 0.00186. The Labute approximate surface area is 135 Å². The molecule has 2 heterocycles. The molecule has 2 aromatic heterocycles. The van der Waals surface area contributed by atoms with E-state index >= 15 is 0 Å². The molecule has 0 saturated heterocycles. The fraction of sp³-hybridized carbons (Fsp3) is 0.222. The molecule has 0 saturated carbocycles. The van der Waals surface area contributed by atoms with Gasteiger partial charge in [0.2, 0.25) is 0 Å².